The number of amides is 2. The summed E-state index contributed by atoms with van der Waals surface area (Å²) in [6, 6.07) is 8.64. The Kier molecular flexibility index (Phi) is 8.50. The number of carbonyl (C=O) groups excluding carboxylic acids is 2. The van der Waals surface area contributed by atoms with E-state index in [1.165, 1.54) is 23.9 Å². The highest BCUT2D eigenvalue weighted by Crippen LogP contribution is 2.30. The summed E-state index contributed by atoms with van der Waals surface area (Å²) in [6.45, 7) is 14.2. The number of carbonyl (C=O) groups is 2. The van der Waals surface area contributed by atoms with E-state index in [4.69, 9.17) is 0 Å². The van der Waals surface area contributed by atoms with Crippen LogP contribution in [0.25, 0.3) is 0 Å². The van der Waals surface area contributed by atoms with Crippen molar-refractivity contribution in [3.8, 4) is 0 Å². The van der Waals surface area contributed by atoms with Gasteiger partial charge in [0, 0.05) is 45.2 Å². The Morgan fingerprint density at radius 1 is 0.973 bits per heavy atom. The smallest absolute Gasteiger partial charge is 0.272 e. The zero-order chi connectivity index (χ0) is 26.6. The Hall–Kier alpha value is -2.96. The predicted octanol–water partition coefficient (Wildman–Crippen LogP) is 5.20. The molecule has 0 radical (unpaired) electrons. The zero-order valence-electron chi connectivity index (χ0n) is 23.2. The molecule has 0 bridgehead atoms. The molecule has 37 heavy (non-hydrogen) atoms. The minimum atomic E-state index is -0.00338. The minimum Gasteiger partial charge on any atom is -0.366 e. The summed E-state index contributed by atoms with van der Waals surface area (Å²) in [5, 5.41) is 3.40. The van der Waals surface area contributed by atoms with E-state index in [9.17, 15) is 9.59 Å². The summed E-state index contributed by atoms with van der Waals surface area (Å²) in [5.41, 5.74) is 3.90. The topological polar surface area (TPSA) is 78.4 Å². The molecule has 2 aliphatic heterocycles. The maximum absolute atomic E-state index is 13.4. The molecule has 2 aliphatic rings. The standard InChI is InChI=1S/C30H43N5O2/c1-21-27(32-20-33-28(21)31-18-24-8-10-26(11-9-24)30(3,4)5)29(37)34-15-12-23(13-16-34)17-25-7-6-14-35(19-25)22(2)36/h8-11,20,23,25H,6-7,12-19H2,1-5H3,(H,31,32,33)/t25-/m0/s1. The Bertz CT molecular complexity index is 1080. The van der Waals surface area contributed by atoms with Crippen LogP contribution in [0.2, 0.25) is 0 Å². The SMILES string of the molecule is CC(=O)N1CCC[C@@H](CC2CCN(C(=O)c3ncnc(NCc4ccc(C(C)(C)C)cc4)c3C)CC2)C1. The van der Waals surface area contributed by atoms with Gasteiger partial charge in [-0.2, -0.15) is 0 Å². The van der Waals surface area contributed by atoms with Gasteiger partial charge >= 0.3 is 0 Å². The first-order valence-electron chi connectivity index (χ1n) is 13.8. The van der Waals surface area contributed by atoms with Crippen molar-refractivity contribution in [2.45, 2.75) is 78.7 Å². The van der Waals surface area contributed by atoms with E-state index in [0.717, 1.165) is 57.4 Å². The highest BCUT2D eigenvalue weighted by atomic mass is 16.2. The molecule has 0 aliphatic carbocycles. The number of nitrogens with one attached hydrogen (secondary N) is 1. The van der Waals surface area contributed by atoms with Crippen LogP contribution in [0.3, 0.4) is 0 Å². The van der Waals surface area contributed by atoms with E-state index in [-0.39, 0.29) is 17.2 Å². The van der Waals surface area contributed by atoms with Crippen LogP contribution in [0.15, 0.2) is 30.6 Å². The number of hydrogen-bond donors (Lipinski definition) is 1. The molecule has 1 aromatic carbocycles. The molecule has 0 saturated carbocycles. The lowest BCUT2D eigenvalue weighted by Crippen LogP contribution is -2.42. The van der Waals surface area contributed by atoms with E-state index < -0.39 is 0 Å². The molecule has 4 rings (SSSR count). The van der Waals surface area contributed by atoms with Gasteiger partial charge < -0.3 is 15.1 Å². The lowest BCUT2D eigenvalue weighted by atomic mass is 9.83. The molecule has 1 aromatic heterocycles. The van der Waals surface area contributed by atoms with Gasteiger partial charge in [-0.15, -0.1) is 0 Å². The maximum atomic E-state index is 13.4. The fourth-order valence-corrected chi connectivity index (χ4v) is 5.69. The molecule has 2 amide bonds. The Morgan fingerprint density at radius 2 is 1.68 bits per heavy atom. The summed E-state index contributed by atoms with van der Waals surface area (Å²) >= 11 is 0. The summed E-state index contributed by atoms with van der Waals surface area (Å²) in [5.74, 6) is 2.11. The minimum absolute atomic E-state index is 0.00338. The Morgan fingerprint density at radius 3 is 2.32 bits per heavy atom. The van der Waals surface area contributed by atoms with Crippen molar-refractivity contribution in [3.63, 3.8) is 0 Å². The van der Waals surface area contributed by atoms with Gasteiger partial charge in [0.15, 0.2) is 0 Å². The van der Waals surface area contributed by atoms with Gasteiger partial charge in [0.05, 0.1) is 0 Å². The van der Waals surface area contributed by atoms with Crippen LogP contribution < -0.4 is 5.32 Å². The summed E-state index contributed by atoms with van der Waals surface area (Å²) in [6.07, 6.45) is 6.99. The van der Waals surface area contributed by atoms with Crippen molar-refractivity contribution in [2.24, 2.45) is 11.8 Å². The van der Waals surface area contributed by atoms with Crippen molar-refractivity contribution in [1.82, 2.24) is 19.8 Å². The summed E-state index contributed by atoms with van der Waals surface area (Å²) in [4.78, 5) is 37.8. The number of rotatable bonds is 6. The monoisotopic (exact) mass is 505 g/mol. The molecular formula is C30H43N5O2. The number of aromatic nitrogens is 2. The summed E-state index contributed by atoms with van der Waals surface area (Å²) in [7, 11) is 0. The van der Waals surface area contributed by atoms with Gasteiger partial charge in [0.25, 0.3) is 5.91 Å². The van der Waals surface area contributed by atoms with Crippen LogP contribution in [0, 0.1) is 18.8 Å². The van der Waals surface area contributed by atoms with Crippen LogP contribution in [0.4, 0.5) is 5.82 Å². The van der Waals surface area contributed by atoms with Gasteiger partial charge in [-0.1, -0.05) is 45.0 Å². The molecule has 2 saturated heterocycles. The van der Waals surface area contributed by atoms with Crippen LogP contribution in [-0.2, 0) is 16.8 Å². The largest absolute Gasteiger partial charge is 0.366 e. The molecular weight excluding hydrogens is 462 g/mol. The average Bonchev–Trinajstić information content (AvgIpc) is 2.88. The van der Waals surface area contributed by atoms with Crippen LogP contribution in [-0.4, -0.2) is 57.8 Å². The molecule has 7 nitrogen and oxygen atoms in total. The normalized spacial score (nSPS) is 19.1. The average molecular weight is 506 g/mol. The van der Waals surface area contributed by atoms with Gasteiger partial charge in [0.1, 0.15) is 17.8 Å². The van der Waals surface area contributed by atoms with Crippen LogP contribution in [0.1, 0.15) is 87.0 Å². The van der Waals surface area contributed by atoms with E-state index >= 15 is 0 Å². The van der Waals surface area contributed by atoms with Gasteiger partial charge in [-0.05, 0) is 67.4 Å². The highest BCUT2D eigenvalue weighted by molar-refractivity contribution is 5.94. The second kappa shape index (κ2) is 11.6. The van der Waals surface area contributed by atoms with Gasteiger partial charge in [0.2, 0.25) is 5.91 Å². The predicted molar refractivity (Wildman–Crippen MR) is 147 cm³/mol. The number of anilines is 1. The van der Waals surface area contributed by atoms with E-state index in [0.29, 0.717) is 29.9 Å². The molecule has 7 heteroatoms. The molecule has 200 valence electrons. The molecule has 2 fully saturated rings. The molecule has 3 heterocycles. The van der Waals surface area contributed by atoms with Crippen LogP contribution >= 0.6 is 0 Å². The molecule has 0 unspecified atom stereocenters. The number of piperidine rings is 2. The quantitative estimate of drug-likeness (QED) is 0.584. The van der Waals surface area contributed by atoms with Crippen molar-refractivity contribution < 1.29 is 9.59 Å². The first-order valence-corrected chi connectivity index (χ1v) is 13.8. The third-order valence-corrected chi connectivity index (χ3v) is 8.10. The second-order valence-corrected chi connectivity index (χ2v) is 11.9. The summed E-state index contributed by atoms with van der Waals surface area (Å²) < 4.78 is 0. The van der Waals surface area contributed by atoms with Crippen molar-refractivity contribution in [1.29, 1.82) is 0 Å². The molecule has 2 aromatic rings. The maximum Gasteiger partial charge on any atom is 0.272 e. The first kappa shape index (κ1) is 27.1. The van der Waals surface area contributed by atoms with Crippen molar-refractivity contribution in [3.05, 3.63) is 53.0 Å². The van der Waals surface area contributed by atoms with Crippen molar-refractivity contribution >= 4 is 17.6 Å². The molecule has 1 atom stereocenters. The fourth-order valence-electron chi connectivity index (χ4n) is 5.69. The third kappa shape index (κ3) is 6.88. The zero-order valence-corrected chi connectivity index (χ0v) is 23.2. The Balaban J connectivity index is 1.31. The van der Waals surface area contributed by atoms with Gasteiger partial charge in [-0.25, -0.2) is 9.97 Å². The van der Waals surface area contributed by atoms with Crippen molar-refractivity contribution in [2.75, 3.05) is 31.5 Å². The second-order valence-electron chi connectivity index (χ2n) is 11.9. The highest BCUT2D eigenvalue weighted by Gasteiger charge is 2.29. The fraction of sp³-hybridized carbons (Fsp3) is 0.600. The first-order chi connectivity index (χ1) is 17.6. The van der Waals surface area contributed by atoms with E-state index in [2.05, 4.69) is 60.3 Å². The third-order valence-electron chi connectivity index (χ3n) is 8.10. The lowest BCUT2D eigenvalue weighted by Gasteiger charge is -2.37. The number of nitrogens with zero attached hydrogens (tertiary/aromatic N) is 4. The van der Waals surface area contributed by atoms with E-state index in [1.807, 2.05) is 16.7 Å². The number of hydrogen-bond acceptors (Lipinski definition) is 5. The van der Waals surface area contributed by atoms with Crippen LogP contribution in [0.5, 0.6) is 0 Å². The molecule has 0 spiro atoms. The van der Waals surface area contributed by atoms with Gasteiger partial charge in [-0.3, -0.25) is 9.59 Å². The number of likely N-dealkylation sites (tertiary alicyclic amines) is 2. The number of benzene rings is 1. The molecule has 1 N–H and O–H groups in total. The lowest BCUT2D eigenvalue weighted by molar-refractivity contribution is -0.130. The Labute approximate surface area is 222 Å². The van der Waals surface area contributed by atoms with E-state index in [1.54, 1.807) is 6.92 Å².